The summed E-state index contributed by atoms with van der Waals surface area (Å²) in [5.74, 6) is 0.906. The van der Waals surface area contributed by atoms with Gasteiger partial charge in [-0.2, -0.15) is 9.29 Å². The summed E-state index contributed by atoms with van der Waals surface area (Å²) in [4.78, 5) is 25.9. The molecular weight excluding hydrogens is 442 g/mol. The molecule has 3 aromatic heterocycles. The van der Waals surface area contributed by atoms with Crippen molar-refractivity contribution in [3.8, 4) is 0 Å². The molecule has 2 fully saturated rings. The van der Waals surface area contributed by atoms with Gasteiger partial charge in [0.25, 0.3) is 15.6 Å². The molecule has 11 heteroatoms. The van der Waals surface area contributed by atoms with Crippen LogP contribution >= 0.6 is 0 Å². The Morgan fingerprint density at radius 2 is 1.88 bits per heavy atom. The summed E-state index contributed by atoms with van der Waals surface area (Å²) in [6, 6.07) is 3.58. The molecule has 0 spiro atoms. The Bertz CT molecular complexity index is 1330. The molecule has 3 aromatic rings. The first kappa shape index (κ1) is 22.0. The molecule has 176 valence electrons. The molecule has 1 saturated carbocycles. The predicted octanol–water partition coefficient (Wildman–Crippen LogP) is 2.15. The molecule has 2 aliphatic rings. The maximum Gasteiger partial charge on any atom is 0.262 e. The molecule has 1 aliphatic carbocycles. The van der Waals surface area contributed by atoms with E-state index in [0.29, 0.717) is 43.4 Å². The maximum absolute atomic E-state index is 12.8. The molecule has 33 heavy (non-hydrogen) atoms. The Hall–Kier alpha value is -2.79. The van der Waals surface area contributed by atoms with Gasteiger partial charge in [-0.05, 0) is 37.7 Å². The molecule has 1 N–H and O–H groups in total. The summed E-state index contributed by atoms with van der Waals surface area (Å²) in [5, 5.41) is 4.28. The van der Waals surface area contributed by atoms with Gasteiger partial charge >= 0.3 is 0 Å². The number of piperidine rings is 1. The number of rotatable bonds is 5. The first-order valence-electron chi connectivity index (χ1n) is 11.5. The predicted molar refractivity (Wildman–Crippen MR) is 124 cm³/mol. The van der Waals surface area contributed by atoms with E-state index in [4.69, 9.17) is 4.98 Å². The fourth-order valence-electron chi connectivity index (χ4n) is 5.02. The third-order valence-corrected chi connectivity index (χ3v) is 8.67. The average Bonchev–Trinajstić information content (AvgIpc) is 3.42. The number of aromatic nitrogens is 5. The lowest BCUT2D eigenvalue weighted by Gasteiger charge is -2.31. The number of hydrogen-bond acceptors (Lipinski definition) is 7. The van der Waals surface area contributed by atoms with Crippen molar-refractivity contribution in [2.45, 2.75) is 56.1 Å². The highest BCUT2D eigenvalue weighted by Gasteiger charge is 2.31. The second-order valence-electron chi connectivity index (χ2n) is 9.19. The molecule has 1 saturated heterocycles. The first-order valence-corrected chi connectivity index (χ1v) is 12.9. The molecule has 5 rings (SSSR count). The van der Waals surface area contributed by atoms with Crippen LogP contribution in [0.15, 0.2) is 40.7 Å². The summed E-state index contributed by atoms with van der Waals surface area (Å²) in [5.41, 5.74) is 0.632. The average molecular weight is 472 g/mol. The normalized spacial score (nSPS) is 22.7. The summed E-state index contributed by atoms with van der Waals surface area (Å²) in [6.45, 7) is 2.99. The van der Waals surface area contributed by atoms with Crippen molar-refractivity contribution in [2.75, 3.05) is 18.4 Å². The molecule has 2 atom stereocenters. The Kier molecular flexibility index (Phi) is 5.69. The van der Waals surface area contributed by atoms with Crippen LogP contribution in [0.4, 0.5) is 5.95 Å². The number of sulfonamides is 1. The van der Waals surface area contributed by atoms with Crippen LogP contribution in [0.2, 0.25) is 0 Å². The van der Waals surface area contributed by atoms with Gasteiger partial charge < -0.3 is 9.88 Å². The fraction of sp³-hybridized carbons (Fsp3) is 0.545. The monoisotopic (exact) mass is 471 g/mol. The third-order valence-electron chi connectivity index (χ3n) is 6.89. The SMILES string of the molecule is C[C@H]1CCC[C@H]1n1c(=O)ccc2cnc(NC3CCN(S(=O)(=O)c4cn(C)cn4)CC3)nc21. The van der Waals surface area contributed by atoms with Crippen LogP contribution in [0.3, 0.4) is 0 Å². The van der Waals surface area contributed by atoms with E-state index >= 15 is 0 Å². The van der Waals surface area contributed by atoms with Gasteiger partial charge in [0.1, 0.15) is 5.65 Å². The molecule has 4 heterocycles. The minimum absolute atomic E-state index is 0.0288. The molecular formula is C22H29N7O3S. The Morgan fingerprint density at radius 3 is 2.55 bits per heavy atom. The zero-order chi connectivity index (χ0) is 23.2. The standard InChI is InChI=1S/C22H29N7O3S/c1-15-4-3-5-18(15)29-20(30)7-6-16-12-23-22(26-21(16)29)25-17-8-10-28(11-9-17)33(31,32)19-13-27(2)14-24-19/h6-7,12-15,17-18H,3-5,8-11H2,1-2H3,(H,23,25,26)/t15-,18+/m0/s1. The van der Waals surface area contributed by atoms with Gasteiger partial charge in [0.05, 0.1) is 6.33 Å². The van der Waals surface area contributed by atoms with Gasteiger partial charge in [0.15, 0.2) is 5.03 Å². The third kappa shape index (κ3) is 4.15. The van der Waals surface area contributed by atoms with Gasteiger partial charge in [-0.25, -0.2) is 18.4 Å². The lowest BCUT2D eigenvalue weighted by molar-refractivity contribution is 0.328. The number of fused-ring (bicyclic) bond motifs is 1. The highest BCUT2D eigenvalue weighted by atomic mass is 32.2. The zero-order valence-electron chi connectivity index (χ0n) is 18.9. The lowest BCUT2D eigenvalue weighted by atomic mass is 10.1. The zero-order valence-corrected chi connectivity index (χ0v) is 19.7. The van der Waals surface area contributed by atoms with Crippen molar-refractivity contribution in [1.29, 1.82) is 0 Å². The molecule has 0 unspecified atom stereocenters. The summed E-state index contributed by atoms with van der Waals surface area (Å²) in [6.07, 6.45) is 9.24. The topological polar surface area (TPSA) is 115 Å². The molecule has 0 aromatic carbocycles. The van der Waals surface area contributed by atoms with Crippen molar-refractivity contribution < 1.29 is 8.42 Å². The highest BCUT2D eigenvalue weighted by molar-refractivity contribution is 7.89. The number of imidazole rings is 1. The van der Waals surface area contributed by atoms with E-state index in [1.54, 1.807) is 29.9 Å². The van der Waals surface area contributed by atoms with Crippen LogP contribution in [-0.2, 0) is 17.1 Å². The molecule has 10 nitrogen and oxygen atoms in total. The summed E-state index contributed by atoms with van der Waals surface area (Å²) >= 11 is 0. The van der Waals surface area contributed by atoms with Crippen molar-refractivity contribution in [2.24, 2.45) is 13.0 Å². The molecule has 0 amide bonds. The number of anilines is 1. The number of aryl methyl sites for hydroxylation is 1. The van der Waals surface area contributed by atoms with E-state index in [1.807, 2.05) is 4.57 Å². The highest BCUT2D eigenvalue weighted by Crippen LogP contribution is 2.35. The lowest BCUT2D eigenvalue weighted by Crippen LogP contribution is -2.42. The van der Waals surface area contributed by atoms with E-state index in [2.05, 4.69) is 22.2 Å². The smallest absolute Gasteiger partial charge is 0.262 e. The second-order valence-corrected chi connectivity index (χ2v) is 11.1. The van der Waals surface area contributed by atoms with Crippen molar-refractivity contribution in [3.05, 3.63) is 41.2 Å². The van der Waals surface area contributed by atoms with E-state index in [-0.39, 0.29) is 22.7 Å². The number of nitrogens with zero attached hydrogens (tertiary/aromatic N) is 6. The van der Waals surface area contributed by atoms with Crippen molar-refractivity contribution >= 4 is 27.0 Å². The minimum atomic E-state index is -3.59. The minimum Gasteiger partial charge on any atom is -0.351 e. The van der Waals surface area contributed by atoms with Gasteiger partial charge in [0.2, 0.25) is 5.95 Å². The van der Waals surface area contributed by atoms with Gasteiger partial charge in [-0.15, -0.1) is 0 Å². The van der Waals surface area contributed by atoms with Gasteiger partial charge in [-0.1, -0.05) is 13.3 Å². The fourth-order valence-corrected chi connectivity index (χ4v) is 6.45. The van der Waals surface area contributed by atoms with E-state index in [9.17, 15) is 13.2 Å². The van der Waals surface area contributed by atoms with Crippen LogP contribution in [0.5, 0.6) is 0 Å². The van der Waals surface area contributed by atoms with Crippen LogP contribution in [0.25, 0.3) is 11.0 Å². The largest absolute Gasteiger partial charge is 0.351 e. The number of hydrogen-bond donors (Lipinski definition) is 1. The quantitative estimate of drug-likeness (QED) is 0.606. The summed E-state index contributed by atoms with van der Waals surface area (Å²) < 4.78 is 30.6. The van der Waals surface area contributed by atoms with Crippen molar-refractivity contribution in [1.82, 2.24) is 28.4 Å². The molecule has 0 bridgehead atoms. The van der Waals surface area contributed by atoms with Crippen LogP contribution in [0.1, 0.15) is 45.1 Å². The molecule has 0 radical (unpaired) electrons. The Morgan fingerprint density at radius 1 is 1.09 bits per heavy atom. The van der Waals surface area contributed by atoms with Crippen LogP contribution in [-0.4, -0.2) is 55.9 Å². The van der Waals surface area contributed by atoms with Crippen molar-refractivity contribution in [3.63, 3.8) is 0 Å². The number of pyridine rings is 1. The maximum atomic E-state index is 12.8. The first-order chi connectivity index (χ1) is 15.8. The van der Waals surface area contributed by atoms with E-state index < -0.39 is 10.0 Å². The van der Waals surface area contributed by atoms with Gasteiger partial charge in [0, 0.05) is 56.1 Å². The molecule has 1 aliphatic heterocycles. The van der Waals surface area contributed by atoms with Crippen LogP contribution < -0.4 is 10.9 Å². The van der Waals surface area contributed by atoms with E-state index in [1.165, 1.54) is 16.8 Å². The van der Waals surface area contributed by atoms with E-state index in [0.717, 1.165) is 24.6 Å². The number of nitrogens with one attached hydrogen (secondary N) is 1. The van der Waals surface area contributed by atoms with Crippen LogP contribution in [0, 0.1) is 5.92 Å². The van der Waals surface area contributed by atoms with Gasteiger partial charge in [-0.3, -0.25) is 9.36 Å². The Labute approximate surface area is 192 Å². The Balaban J connectivity index is 1.33. The second kappa shape index (κ2) is 8.53. The summed E-state index contributed by atoms with van der Waals surface area (Å²) in [7, 11) is -1.84.